The van der Waals surface area contributed by atoms with Crippen molar-refractivity contribution >= 4 is 36.7 Å². The van der Waals surface area contributed by atoms with Crippen LogP contribution in [0.4, 0.5) is 5.69 Å². The van der Waals surface area contributed by atoms with Gasteiger partial charge < -0.3 is 5.11 Å². The van der Waals surface area contributed by atoms with E-state index in [0.29, 0.717) is 10.8 Å². The van der Waals surface area contributed by atoms with Gasteiger partial charge in [-0.1, -0.05) is 128 Å². The van der Waals surface area contributed by atoms with Gasteiger partial charge in [-0.15, -0.1) is 0 Å². The second kappa shape index (κ2) is 12.1. The number of benzene rings is 4. The van der Waals surface area contributed by atoms with Gasteiger partial charge in [0.15, 0.2) is 0 Å². The summed E-state index contributed by atoms with van der Waals surface area (Å²) < 4.78 is 0. The molecule has 0 bridgehead atoms. The zero-order valence-corrected chi connectivity index (χ0v) is 25.5. The number of nitrogens with zero attached hydrogens (tertiary/aromatic N) is 1. The van der Waals surface area contributed by atoms with Gasteiger partial charge >= 0.3 is 0 Å². The van der Waals surface area contributed by atoms with Gasteiger partial charge in [0.2, 0.25) is 0 Å². The predicted octanol–water partition coefficient (Wildman–Crippen LogP) is 9.90. The molecule has 1 N–H and O–H groups in total. The van der Waals surface area contributed by atoms with Crippen LogP contribution in [-0.4, -0.2) is 11.3 Å². The lowest BCUT2D eigenvalue weighted by Crippen LogP contribution is -2.17. The molecule has 4 heteroatoms. The monoisotopic (exact) mass is 555 g/mol. The first-order chi connectivity index (χ1) is 18.4. The lowest BCUT2D eigenvalue weighted by atomic mass is 9.79. The van der Waals surface area contributed by atoms with Crippen molar-refractivity contribution in [2.24, 2.45) is 4.99 Å². The fraction of sp³-hybridized carbons (Fsp3) is 0.286. The van der Waals surface area contributed by atoms with E-state index >= 15 is 0 Å². The number of rotatable bonds is 7. The maximum atomic E-state index is 11.3. The van der Waals surface area contributed by atoms with Gasteiger partial charge in [-0.3, -0.25) is 4.99 Å². The van der Waals surface area contributed by atoms with Crippen LogP contribution in [0.2, 0.25) is 5.02 Å². The molecule has 4 aromatic carbocycles. The van der Waals surface area contributed by atoms with E-state index in [1.165, 1.54) is 22.0 Å². The largest absolute Gasteiger partial charge is 0.507 e. The Morgan fingerprint density at radius 1 is 0.744 bits per heavy atom. The highest BCUT2D eigenvalue weighted by Crippen LogP contribution is 2.46. The summed E-state index contributed by atoms with van der Waals surface area (Å²) in [7, 11) is -0.644. The highest BCUT2D eigenvalue weighted by Gasteiger charge is 2.25. The lowest BCUT2D eigenvalue weighted by molar-refractivity contribution is 0.444. The van der Waals surface area contributed by atoms with Crippen LogP contribution in [0, 0.1) is 0 Å². The quantitative estimate of drug-likeness (QED) is 0.178. The molecule has 2 nitrogen and oxygen atoms in total. The summed E-state index contributed by atoms with van der Waals surface area (Å²) in [5.41, 5.74) is 6.11. The fourth-order valence-corrected chi connectivity index (χ4v) is 7.37. The zero-order valence-electron chi connectivity index (χ0n) is 23.9. The first kappa shape index (κ1) is 29.1. The van der Waals surface area contributed by atoms with Crippen molar-refractivity contribution in [3.05, 3.63) is 124 Å². The fourth-order valence-electron chi connectivity index (χ4n) is 4.59. The first-order valence-corrected chi connectivity index (χ1v) is 15.6. The molecule has 0 heterocycles. The van der Waals surface area contributed by atoms with Gasteiger partial charge in [-0.25, -0.2) is 0 Å². The van der Waals surface area contributed by atoms with Gasteiger partial charge in [0.25, 0.3) is 0 Å². The Bertz CT molecular complexity index is 1390. The van der Waals surface area contributed by atoms with Crippen LogP contribution in [-0.2, 0) is 23.2 Å². The van der Waals surface area contributed by atoms with Crippen LogP contribution in [0.1, 0.15) is 69.4 Å². The van der Waals surface area contributed by atoms with E-state index in [2.05, 4.69) is 120 Å². The van der Waals surface area contributed by atoms with Crippen molar-refractivity contribution in [3.8, 4) is 5.75 Å². The standard InChI is InChI=1S/C35H39ClNOP/c1-34(2,3)28-19-27(33(38)30(20-28)35(4,5)6)22-37-31-18-17-29(36)21-32(31)39(23-25-13-9-7-10-14-25)24-26-15-11-8-12-16-26/h7-22,38H,23-24H2,1-6H3. The zero-order chi connectivity index (χ0) is 28.2. The molecule has 0 saturated carbocycles. The molecule has 0 aliphatic carbocycles. The third-order valence-electron chi connectivity index (χ3n) is 6.87. The maximum Gasteiger partial charge on any atom is 0.128 e. The topological polar surface area (TPSA) is 32.6 Å². The molecule has 0 radical (unpaired) electrons. The molecule has 39 heavy (non-hydrogen) atoms. The molecule has 0 fully saturated rings. The van der Waals surface area contributed by atoms with Crippen molar-refractivity contribution in [1.82, 2.24) is 0 Å². The number of phenols is 1. The number of aliphatic imine (C=N–C) groups is 1. The lowest BCUT2D eigenvalue weighted by Gasteiger charge is -2.27. The van der Waals surface area contributed by atoms with E-state index in [-0.39, 0.29) is 10.8 Å². The molecule has 0 aliphatic heterocycles. The third kappa shape index (κ3) is 7.59. The smallest absolute Gasteiger partial charge is 0.128 e. The van der Waals surface area contributed by atoms with Crippen molar-refractivity contribution in [3.63, 3.8) is 0 Å². The van der Waals surface area contributed by atoms with Crippen LogP contribution < -0.4 is 5.30 Å². The Kier molecular flexibility index (Phi) is 9.00. The molecule has 0 aliphatic rings. The van der Waals surface area contributed by atoms with Crippen molar-refractivity contribution < 1.29 is 5.11 Å². The van der Waals surface area contributed by atoms with E-state index in [9.17, 15) is 5.11 Å². The number of phenolic OH excluding ortho intramolecular Hbond substituents is 1. The Labute approximate surface area is 240 Å². The third-order valence-corrected chi connectivity index (χ3v) is 9.64. The summed E-state index contributed by atoms with van der Waals surface area (Å²) >= 11 is 6.57. The molecule has 4 rings (SSSR count). The second-order valence-corrected chi connectivity index (χ2v) is 14.8. The van der Waals surface area contributed by atoms with Crippen LogP contribution in [0.15, 0.2) is 96.0 Å². The summed E-state index contributed by atoms with van der Waals surface area (Å²) in [5.74, 6) is 0.297. The number of aromatic hydroxyl groups is 1. The van der Waals surface area contributed by atoms with Crippen LogP contribution in [0.3, 0.4) is 0 Å². The molecule has 0 atom stereocenters. The van der Waals surface area contributed by atoms with Gasteiger partial charge in [0.05, 0.1) is 5.69 Å². The van der Waals surface area contributed by atoms with E-state index in [1.807, 2.05) is 18.3 Å². The van der Waals surface area contributed by atoms with Crippen LogP contribution in [0.5, 0.6) is 5.75 Å². The van der Waals surface area contributed by atoms with Crippen molar-refractivity contribution in [1.29, 1.82) is 0 Å². The highest BCUT2D eigenvalue weighted by molar-refractivity contribution is 7.64. The average molecular weight is 556 g/mol. The van der Waals surface area contributed by atoms with Crippen molar-refractivity contribution in [2.45, 2.75) is 64.7 Å². The SMILES string of the molecule is CC(C)(C)c1cc(C=Nc2ccc(Cl)cc2P(Cc2ccccc2)Cc2ccccc2)c(O)c(C(C)(C)C)c1. The molecular formula is C35H39ClNOP. The minimum absolute atomic E-state index is 0.0542. The Morgan fingerprint density at radius 2 is 1.31 bits per heavy atom. The molecule has 0 amide bonds. The summed E-state index contributed by atoms with van der Waals surface area (Å²) in [6.07, 6.45) is 3.70. The second-order valence-electron chi connectivity index (χ2n) is 12.2. The van der Waals surface area contributed by atoms with E-state index in [0.717, 1.165) is 29.1 Å². The normalized spacial score (nSPS) is 12.4. The number of hydrogen-bond acceptors (Lipinski definition) is 2. The molecule has 0 spiro atoms. The average Bonchev–Trinajstić information content (AvgIpc) is 2.88. The first-order valence-electron chi connectivity index (χ1n) is 13.5. The molecular weight excluding hydrogens is 517 g/mol. The van der Waals surface area contributed by atoms with Crippen LogP contribution in [0.25, 0.3) is 0 Å². The summed E-state index contributed by atoms with van der Waals surface area (Å²) in [4.78, 5) is 5.00. The van der Waals surface area contributed by atoms with Gasteiger partial charge in [0.1, 0.15) is 5.75 Å². The molecule has 4 aromatic rings. The highest BCUT2D eigenvalue weighted by atomic mass is 35.5. The van der Waals surface area contributed by atoms with E-state index < -0.39 is 7.92 Å². The minimum Gasteiger partial charge on any atom is -0.507 e. The minimum atomic E-state index is -0.644. The van der Waals surface area contributed by atoms with Gasteiger partial charge in [0, 0.05) is 27.7 Å². The molecule has 0 unspecified atom stereocenters. The Hall–Kier alpha value is -2.93. The molecule has 0 saturated heterocycles. The van der Waals surface area contributed by atoms with E-state index in [4.69, 9.17) is 16.6 Å². The predicted molar refractivity (Wildman–Crippen MR) is 171 cm³/mol. The summed E-state index contributed by atoms with van der Waals surface area (Å²) in [5, 5.41) is 13.2. The number of hydrogen-bond donors (Lipinski definition) is 1. The Morgan fingerprint density at radius 3 is 1.82 bits per heavy atom. The number of halogens is 1. The van der Waals surface area contributed by atoms with Gasteiger partial charge in [-0.05, 0) is 64.1 Å². The summed E-state index contributed by atoms with van der Waals surface area (Å²) in [6, 6.07) is 31.5. The van der Waals surface area contributed by atoms with Crippen LogP contribution >= 0.6 is 19.5 Å². The maximum absolute atomic E-state index is 11.3. The van der Waals surface area contributed by atoms with E-state index in [1.54, 1.807) is 0 Å². The summed E-state index contributed by atoms with van der Waals surface area (Å²) in [6.45, 7) is 13.0. The molecule has 0 aromatic heterocycles. The van der Waals surface area contributed by atoms with Crippen molar-refractivity contribution in [2.75, 3.05) is 0 Å². The Balaban J connectivity index is 1.80. The molecule has 202 valence electrons. The van der Waals surface area contributed by atoms with Gasteiger partial charge in [-0.2, -0.15) is 0 Å².